The molecule has 0 bridgehead atoms. The fourth-order valence-corrected chi connectivity index (χ4v) is 2.97. The molecule has 3 nitrogen and oxygen atoms in total. The van der Waals surface area contributed by atoms with E-state index < -0.39 is 0 Å². The van der Waals surface area contributed by atoms with E-state index in [9.17, 15) is 4.79 Å². The Bertz CT molecular complexity index is 309. The summed E-state index contributed by atoms with van der Waals surface area (Å²) >= 11 is 4.98. The summed E-state index contributed by atoms with van der Waals surface area (Å²) in [6.07, 6.45) is 7.10. The molecule has 0 saturated heterocycles. The molecular formula is C13H22N2OS. The smallest absolute Gasteiger partial charge is 0.226 e. The first kappa shape index (κ1) is 12.8. The first-order chi connectivity index (χ1) is 8.09. The van der Waals surface area contributed by atoms with Crippen LogP contribution in [0.4, 0.5) is 0 Å². The van der Waals surface area contributed by atoms with Crippen molar-refractivity contribution >= 4 is 23.1 Å². The van der Waals surface area contributed by atoms with E-state index in [1.165, 1.54) is 25.7 Å². The van der Waals surface area contributed by atoms with Gasteiger partial charge in [-0.05, 0) is 31.6 Å². The van der Waals surface area contributed by atoms with Gasteiger partial charge in [0.05, 0.1) is 11.5 Å². The fourth-order valence-electron chi connectivity index (χ4n) is 2.83. The molecule has 0 spiro atoms. The summed E-state index contributed by atoms with van der Waals surface area (Å²) in [4.78, 5) is 14.9. The zero-order valence-corrected chi connectivity index (χ0v) is 11.3. The standard InChI is InChI=1S/C13H22N2OS/c1-9(10-6-7-10)13(16)15(8-12(14)17)11-4-2-3-5-11/h9-11H,2-8H2,1H3,(H2,14,17). The number of rotatable bonds is 5. The van der Waals surface area contributed by atoms with Gasteiger partial charge in [-0.1, -0.05) is 32.0 Å². The maximum atomic E-state index is 12.5. The van der Waals surface area contributed by atoms with Crippen molar-refractivity contribution in [2.45, 2.75) is 51.5 Å². The molecule has 4 heteroatoms. The molecule has 17 heavy (non-hydrogen) atoms. The topological polar surface area (TPSA) is 46.3 Å². The van der Waals surface area contributed by atoms with E-state index in [1.807, 2.05) is 4.90 Å². The third kappa shape index (κ3) is 3.18. The highest BCUT2D eigenvalue weighted by Crippen LogP contribution is 2.38. The molecule has 2 aliphatic rings. The highest BCUT2D eigenvalue weighted by Gasteiger charge is 2.37. The largest absolute Gasteiger partial charge is 0.392 e. The summed E-state index contributed by atoms with van der Waals surface area (Å²) in [6.45, 7) is 2.53. The Morgan fingerprint density at radius 3 is 2.41 bits per heavy atom. The molecule has 1 atom stereocenters. The zero-order valence-electron chi connectivity index (χ0n) is 10.5. The van der Waals surface area contributed by atoms with E-state index >= 15 is 0 Å². The van der Waals surface area contributed by atoms with Crippen molar-refractivity contribution in [3.05, 3.63) is 0 Å². The van der Waals surface area contributed by atoms with Gasteiger partial charge in [-0.2, -0.15) is 0 Å². The summed E-state index contributed by atoms with van der Waals surface area (Å²) in [6, 6.07) is 0.380. The van der Waals surface area contributed by atoms with Gasteiger partial charge in [0.15, 0.2) is 0 Å². The van der Waals surface area contributed by atoms with Crippen LogP contribution in [0, 0.1) is 11.8 Å². The van der Waals surface area contributed by atoms with Crippen LogP contribution >= 0.6 is 12.2 Å². The predicted octanol–water partition coefficient (Wildman–Crippen LogP) is 2.09. The number of carbonyl (C=O) groups excluding carboxylic acids is 1. The minimum absolute atomic E-state index is 0.157. The lowest BCUT2D eigenvalue weighted by Crippen LogP contribution is -2.46. The van der Waals surface area contributed by atoms with E-state index in [2.05, 4.69) is 6.92 Å². The number of nitrogens with two attached hydrogens (primary N) is 1. The Kier molecular flexibility index (Phi) is 4.02. The highest BCUT2D eigenvalue weighted by molar-refractivity contribution is 7.80. The van der Waals surface area contributed by atoms with Gasteiger partial charge in [-0.15, -0.1) is 0 Å². The molecule has 2 saturated carbocycles. The van der Waals surface area contributed by atoms with Crippen LogP contribution in [0.3, 0.4) is 0 Å². The maximum absolute atomic E-state index is 12.5. The summed E-state index contributed by atoms with van der Waals surface area (Å²) in [5.41, 5.74) is 5.63. The lowest BCUT2D eigenvalue weighted by atomic mass is 10.0. The monoisotopic (exact) mass is 254 g/mol. The van der Waals surface area contributed by atoms with Crippen molar-refractivity contribution in [2.24, 2.45) is 17.6 Å². The molecule has 0 aromatic rings. The van der Waals surface area contributed by atoms with Gasteiger partial charge in [0.2, 0.25) is 5.91 Å². The average Bonchev–Trinajstić information content (AvgIpc) is 3.00. The second kappa shape index (κ2) is 5.34. The number of hydrogen-bond acceptors (Lipinski definition) is 2. The molecule has 0 aromatic carbocycles. The molecular weight excluding hydrogens is 232 g/mol. The van der Waals surface area contributed by atoms with E-state index in [1.54, 1.807) is 0 Å². The number of nitrogens with zero attached hydrogens (tertiary/aromatic N) is 1. The summed E-state index contributed by atoms with van der Waals surface area (Å²) in [5.74, 6) is 1.04. The number of thiocarbonyl (C=S) groups is 1. The second-order valence-corrected chi connectivity index (χ2v) is 6.02. The second-order valence-electron chi connectivity index (χ2n) is 5.50. The molecule has 1 amide bonds. The van der Waals surface area contributed by atoms with Gasteiger partial charge in [-0.3, -0.25) is 4.79 Å². The van der Waals surface area contributed by atoms with Crippen LogP contribution in [0.15, 0.2) is 0 Å². The molecule has 1 unspecified atom stereocenters. The van der Waals surface area contributed by atoms with Crippen molar-refractivity contribution in [3.63, 3.8) is 0 Å². The predicted molar refractivity (Wildman–Crippen MR) is 72.6 cm³/mol. The summed E-state index contributed by atoms with van der Waals surface area (Å²) in [7, 11) is 0. The SMILES string of the molecule is CC(C(=O)N(CC(N)=S)C1CCCC1)C1CC1. The minimum Gasteiger partial charge on any atom is -0.392 e. The van der Waals surface area contributed by atoms with Crippen LogP contribution in [-0.4, -0.2) is 28.4 Å². The van der Waals surface area contributed by atoms with Crippen molar-refractivity contribution in [1.29, 1.82) is 0 Å². The van der Waals surface area contributed by atoms with Gasteiger partial charge in [0, 0.05) is 12.0 Å². The van der Waals surface area contributed by atoms with Crippen LogP contribution in [0.2, 0.25) is 0 Å². The van der Waals surface area contributed by atoms with Crippen molar-refractivity contribution in [2.75, 3.05) is 6.54 Å². The Hall–Kier alpha value is -0.640. The van der Waals surface area contributed by atoms with Crippen LogP contribution in [0.5, 0.6) is 0 Å². The third-order valence-electron chi connectivity index (χ3n) is 4.09. The Labute approximate surface area is 109 Å². The first-order valence-electron chi connectivity index (χ1n) is 6.68. The van der Waals surface area contributed by atoms with Crippen molar-refractivity contribution in [3.8, 4) is 0 Å². The summed E-state index contributed by atoms with van der Waals surface area (Å²) < 4.78 is 0. The van der Waals surface area contributed by atoms with Crippen molar-refractivity contribution < 1.29 is 4.79 Å². The van der Waals surface area contributed by atoms with Crippen LogP contribution in [-0.2, 0) is 4.79 Å². The van der Waals surface area contributed by atoms with Gasteiger partial charge in [-0.25, -0.2) is 0 Å². The Morgan fingerprint density at radius 1 is 1.35 bits per heavy atom. The van der Waals surface area contributed by atoms with Gasteiger partial charge < -0.3 is 10.6 Å². The number of hydrogen-bond donors (Lipinski definition) is 1. The fraction of sp³-hybridized carbons (Fsp3) is 0.846. The first-order valence-corrected chi connectivity index (χ1v) is 7.09. The molecule has 2 N–H and O–H groups in total. The highest BCUT2D eigenvalue weighted by atomic mass is 32.1. The van der Waals surface area contributed by atoms with Crippen LogP contribution < -0.4 is 5.73 Å². The van der Waals surface area contributed by atoms with E-state index in [0.717, 1.165) is 12.8 Å². The quantitative estimate of drug-likeness (QED) is 0.764. The zero-order chi connectivity index (χ0) is 12.4. The lowest BCUT2D eigenvalue weighted by molar-refractivity contribution is -0.137. The Morgan fingerprint density at radius 2 is 1.94 bits per heavy atom. The van der Waals surface area contributed by atoms with E-state index in [0.29, 0.717) is 23.5 Å². The van der Waals surface area contributed by atoms with Gasteiger partial charge in [0.25, 0.3) is 0 Å². The molecule has 0 heterocycles. The lowest BCUT2D eigenvalue weighted by Gasteiger charge is -2.31. The van der Waals surface area contributed by atoms with Gasteiger partial charge in [0.1, 0.15) is 0 Å². The molecule has 2 aliphatic carbocycles. The van der Waals surface area contributed by atoms with Crippen molar-refractivity contribution in [1.82, 2.24) is 4.90 Å². The summed E-state index contributed by atoms with van der Waals surface area (Å²) in [5, 5.41) is 0. The molecule has 0 aliphatic heterocycles. The molecule has 2 fully saturated rings. The minimum atomic E-state index is 0.157. The molecule has 2 rings (SSSR count). The number of amides is 1. The normalized spacial score (nSPS) is 22.4. The van der Waals surface area contributed by atoms with E-state index in [-0.39, 0.29) is 11.8 Å². The van der Waals surface area contributed by atoms with Crippen LogP contribution in [0.1, 0.15) is 45.4 Å². The van der Waals surface area contributed by atoms with Crippen LogP contribution in [0.25, 0.3) is 0 Å². The Balaban J connectivity index is 2.02. The molecule has 96 valence electrons. The number of carbonyl (C=O) groups is 1. The van der Waals surface area contributed by atoms with E-state index in [4.69, 9.17) is 18.0 Å². The van der Waals surface area contributed by atoms with Gasteiger partial charge >= 0.3 is 0 Å². The molecule has 0 aromatic heterocycles. The third-order valence-corrected chi connectivity index (χ3v) is 4.22. The maximum Gasteiger partial charge on any atom is 0.226 e. The molecule has 0 radical (unpaired) electrons. The average molecular weight is 254 g/mol.